The average molecular weight is 358 g/mol. The van der Waals surface area contributed by atoms with Crippen molar-refractivity contribution in [1.29, 1.82) is 0 Å². The van der Waals surface area contributed by atoms with Crippen LogP contribution >= 0.6 is 11.6 Å². The van der Waals surface area contributed by atoms with E-state index < -0.39 is 0 Å². The van der Waals surface area contributed by atoms with Crippen molar-refractivity contribution >= 4 is 28.9 Å². The van der Waals surface area contributed by atoms with Crippen LogP contribution in [0.3, 0.4) is 0 Å². The Morgan fingerprint density at radius 1 is 1.08 bits per heavy atom. The summed E-state index contributed by atoms with van der Waals surface area (Å²) in [6.07, 6.45) is 0. The van der Waals surface area contributed by atoms with Gasteiger partial charge in [0.05, 0.1) is 6.54 Å². The third-order valence-corrected chi connectivity index (χ3v) is 5.00. The van der Waals surface area contributed by atoms with Crippen LogP contribution in [-0.4, -0.2) is 43.5 Å². The second-order valence-corrected chi connectivity index (χ2v) is 6.98. The van der Waals surface area contributed by atoms with E-state index in [2.05, 4.69) is 47.2 Å². The lowest BCUT2D eigenvalue weighted by Crippen LogP contribution is -2.48. The minimum atomic E-state index is 0.00227. The van der Waals surface area contributed by atoms with Gasteiger partial charge in [-0.15, -0.1) is 0 Å². The van der Waals surface area contributed by atoms with Gasteiger partial charge in [-0.3, -0.25) is 9.69 Å². The molecule has 0 atom stereocenters. The smallest absolute Gasteiger partial charge is 0.238 e. The van der Waals surface area contributed by atoms with Crippen LogP contribution in [0, 0.1) is 13.8 Å². The molecule has 0 radical (unpaired) electrons. The maximum Gasteiger partial charge on any atom is 0.238 e. The number of aryl methyl sites for hydroxylation is 1. The lowest BCUT2D eigenvalue weighted by Gasteiger charge is -2.36. The third-order valence-electron chi connectivity index (χ3n) is 4.76. The number of rotatable bonds is 4. The predicted octanol–water partition coefficient (Wildman–Crippen LogP) is 3.72. The summed E-state index contributed by atoms with van der Waals surface area (Å²) in [6, 6.07) is 13.7. The highest BCUT2D eigenvalue weighted by atomic mass is 35.5. The van der Waals surface area contributed by atoms with Gasteiger partial charge in [-0.05, 0) is 49.2 Å². The molecule has 0 aromatic heterocycles. The summed E-state index contributed by atoms with van der Waals surface area (Å²) in [6.45, 7) is 8.38. The molecule has 0 unspecified atom stereocenters. The molecule has 1 amide bonds. The van der Waals surface area contributed by atoms with E-state index in [1.807, 2.05) is 12.1 Å². The van der Waals surface area contributed by atoms with Crippen molar-refractivity contribution in [3.05, 3.63) is 58.6 Å². The van der Waals surface area contributed by atoms with Crippen molar-refractivity contribution in [2.75, 3.05) is 42.9 Å². The van der Waals surface area contributed by atoms with Gasteiger partial charge in [-0.2, -0.15) is 0 Å². The zero-order chi connectivity index (χ0) is 17.8. The molecule has 25 heavy (non-hydrogen) atoms. The highest BCUT2D eigenvalue weighted by molar-refractivity contribution is 6.30. The summed E-state index contributed by atoms with van der Waals surface area (Å²) in [7, 11) is 0. The van der Waals surface area contributed by atoms with Crippen LogP contribution in [0.5, 0.6) is 0 Å². The molecule has 5 heteroatoms. The molecule has 1 fully saturated rings. The predicted molar refractivity (Wildman–Crippen MR) is 105 cm³/mol. The van der Waals surface area contributed by atoms with Gasteiger partial charge in [0.15, 0.2) is 0 Å². The average Bonchev–Trinajstić information content (AvgIpc) is 2.58. The molecule has 0 aliphatic carbocycles. The standard InChI is InChI=1S/C20H24ClN3O/c1-15-5-3-8-19(16(15)2)24-11-9-23(10-12-24)14-20(25)22-18-7-4-6-17(21)13-18/h3-8,13H,9-12,14H2,1-2H3,(H,22,25). The van der Waals surface area contributed by atoms with E-state index in [9.17, 15) is 4.79 Å². The molecule has 0 spiro atoms. The Hall–Kier alpha value is -2.04. The Bertz CT molecular complexity index is 754. The summed E-state index contributed by atoms with van der Waals surface area (Å²) in [5, 5.41) is 3.54. The second-order valence-electron chi connectivity index (χ2n) is 6.54. The van der Waals surface area contributed by atoms with Crippen LogP contribution in [0.15, 0.2) is 42.5 Å². The summed E-state index contributed by atoms with van der Waals surface area (Å²) in [4.78, 5) is 16.8. The number of amides is 1. The summed E-state index contributed by atoms with van der Waals surface area (Å²) in [5.41, 5.74) is 4.71. The first-order valence-corrected chi connectivity index (χ1v) is 8.99. The minimum absolute atomic E-state index is 0.00227. The van der Waals surface area contributed by atoms with Crippen LogP contribution in [-0.2, 0) is 4.79 Å². The van der Waals surface area contributed by atoms with Gasteiger partial charge in [0.1, 0.15) is 0 Å². The number of piperazine rings is 1. The minimum Gasteiger partial charge on any atom is -0.369 e. The fourth-order valence-electron chi connectivity index (χ4n) is 3.19. The van der Waals surface area contributed by atoms with Crippen LogP contribution in [0.1, 0.15) is 11.1 Å². The van der Waals surface area contributed by atoms with E-state index in [1.54, 1.807) is 12.1 Å². The van der Waals surface area contributed by atoms with Crippen molar-refractivity contribution in [3.8, 4) is 0 Å². The maximum atomic E-state index is 12.2. The first kappa shape index (κ1) is 17.8. The third kappa shape index (κ3) is 4.53. The number of hydrogen-bond acceptors (Lipinski definition) is 3. The summed E-state index contributed by atoms with van der Waals surface area (Å²) >= 11 is 5.95. The SMILES string of the molecule is Cc1cccc(N2CCN(CC(=O)Nc3cccc(Cl)c3)CC2)c1C. The Morgan fingerprint density at radius 2 is 1.80 bits per heavy atom. The van der Waals surface area contributed by atoms with Gasteiger partial charge in [-0.25, -0.2) is 0 Å². The van der Waals surface area contributed by atoms with Gasteiger partial charge in [0.25, 0.3) is 0 Å². The first-order valence-electron chi connectivity index (χ1n) is 8.62. The van der Waals surface area contributed by atoms with Gasteiger partial charge >= 0.3 is 0 Å². The van der Waals surface area contributed by atoms with Crippen molar-refractivity contribution < 1.29 is 4.79 Å². The molecular weight excluding hydrogens is 334 g/mol. The van der Waals surface area contributed by atoms with Crippen molar-refractivity contribution in [3.63, 3.8) is 0 Å². The number of hydrogen-bond donors (Lipinski definition) is 1. The van der Waals surface area contributed by atoms with Crippen LogP contribution < -0.4 is 10.2 Å². The quantitative estimate of drug-likeness (QED) is 0.905. The van der Waals surface area contributed by atoms with E-state index in [0.29, 0.717) is 11.6 Å². The highest BCUT2D eigenvalue weighted by Crippen LogP contribution is 2.23. The monoisotopic (exact) mass is 357 g/mol. The van der Waals surface area contributed by atoms with Gasteiger partial charge in [0.2, 0.25) is 5.91 Å². The Morgan fingerprint density at radius 3 is 2.52 bits per heavy atom. The second kappa shape index (κ2) is 7.89. The van der Waals surface area contributed by atoms with E-state index >= 15 is 0 Å². The van der Waals surface area contributed by atoms with Crippen LogP contribution in [0.25, 0.3) is 0 Å². The zero-order valence-corrected chi connectivity index (χ0v) is 15.5. The topological polar surface area (TPSA) is 35.6 Å². The number of benzene rings is 2. The van der Waals surface area contributed by atoms with Crippen molar-refractivity contribution in [1.82, 2.24) is 4.90 Å². The maximum absolute atomic E-state index is 12.2. The normalized spacial score (nSPS) is 15.2. The largest absolute Gasteiger partial charge is 0.369 e. The van der Waals surface area contributed by atoms with Gasteiger partial charge in [0, 0.05) is 42.6 Å². The molecule has 3 rings (SSSR count). The molecule has 4 nitrogen and oxygen atoms in total. The van der Waals surface area contributed by atoms with E-state index in [-0.39, 0.29) is 5.91 Å². The van der Waals surface area contributed by atoms with Crippen molar-refractivity contribution in [2.24, 2.45) is 0 Å². The van der Waals surface area contributed by atoms with Crippen LogP contribution in [0.2, 0.25) is 5.02 Å². The van der Waals surface area contributed by atoms with Crippen molar-refractivity contribution in [2.45, 2.75) is 13.8 Å². The van der Waals surface area contributed by atoms with Gasteiger partial charge < -0.3 is 10.2 Å². The molecule has 1 saturated heterocycles. The van der Waals surface area contributed by atoms with E-state index in [4.69, 9.17) is 11.6 Å². The molecule has 1 N–H and O–H groups in total. The van der Waals surface area contributed by atoms with Crippen LogP contribution in [0.4, 0.5) is 11.4 Å². The fraction of sp³-hybridized carbons (Fsp3) is 0.350. The Kier molecular flexibility index (Phi) is 5.61. The number of halogens is 1. The zero-order valence-electron chi connectivity index (χ0n) is 14.8. The number of carbonyl (C=O) groups is 1. The molecule has 1 aliphatic heterocycles. The molecular formula is C20H24ClN3O. The van der Waals surface area contributed by atoms with E-state index in [1.165, 1.54) is 16.8 Å². The first-order chi connectivity index (χ1) is 12.0. The molecule has 0 bridgehead atoms. The Balaban J connectivity index is 1.52. The number of nitrogens with zero attached hydrogens (tertiary/aromatic N) is 2. The number of anilines is 2. The van der Waals surface area contributed by atoms with Gasteiger partial charge in [-0.1, -0.05) is 29.8 Å². The summed E-state index contributed by atoms with van der Waals surface area (Å²) < 4.78 is 0. The molecule has 1 aliphatic rings. The lowest BCUT2D eigenvalue weighted by atomic mass is 10.1. The fourth-order valence-corrected chi connectivity index (χ4v) is 3.39. The molecule has 1 heterocycles. The highest BCUT2D eigenvalue weighted by Gasteiger charge is 2.20. The molecule has 2 aromatic carbocycles. The lowest BCUT2D eigenvalue weighted by molar-refractivity contribution is -0.117. The summed E-state index contributed by atoms with van der Waals surface area (Å²) in [5.74, 6) is 0.00227. The molecule has 132 valence electrons. The number of nitrogens with one attached hydrogen (secondary N) is 1. The molecule has 0 saturated carbocycles. The number of carbonyl (C=O) groups excluding carboxylic acids is 1. The van der Waals surface area contributed by atoms with E-state index in [0.717, 1.165) is 31.9 Å². The molecule has 2 aromatic rings. The Labute approximate surface area is 154 Å².